The third kappa shape index (κ3) is 3.42. The van der Waals surface area contributed by atoms with Gasteiger partial charge in [-0.3, -0.25) is 20.2 Å². The summed E-state index contributed by atoms with van der Waals surface area (Å²) in [7, 11) is 0. The van der Waals surface area contributed by atoms with Crippen molar-refractivity contribution in [3.63, 3.8) is 0 Å². The number of hydrogen-bond acceptors (Lipinski definition) is 7. The SMILES string of the molecule is O=C1OC(c2ccc([N+](=O)[O-])cc2Cl)=NC1=Cc1cccc([N+](=O)[O-])c1. The number of nitro benzene ring substituents is 2. The van der Waals surface area contributed by atoms with Crippen molar-refractivity contribution in [1.82, 2.24) is 0 Å². The lowest BCUT2D eigenvalue weighted by Crippen LogP contribution is -2.06. The number of aliphatic imine (C=N–C) groups is 1. The van der Waals surface area contributed by atoms with Gasteiger partial charge in [-0.2, -0.15) is 0 Å². The number of cyclic esters (lactones) is 1. The first-order valence-corrected chi connectivity index (χ1v) is 7.44. The molecule has 0 aliphatic carbocycles. The molecule has 0 atom stereocenters. The first kappa shape index (κ1) is 17.2. The van der Waals surface area contributed by atoms with E-state index in [0.29, 0.717) is 5.56 Å². The Bertz CT molecular complexity index is 1010. The fourth-order valence-corrected chi connectivity index (χ4v) is 2.46. The monoisotopic (exact) mass is 373 g/mol. The minimum Gasteiger partial charge on any atom is -0.402 e. The Balaban J connectivity index is 1.96. The zero-order valence-corrected chi connectivity index (χ0v) is 13.5. The van der Waals surface area contributed by atoms with Crippen LogP contribution in [0.25, 0.3) is 6.08 Å². The van der Waals surface area contributed by atoms with Crippen LogP contribution in [-0.2, 0) is 9.53 Å². The summed E-state index contributed by atoms with van der Waals surface area (Å²) in [5.74, 6) is -0.868. The fourth-order valence-electron chi connectivity index (χ4n) is 2.20. The normalized spacial score (nSPS) is 14.9. The lowest BCUT2D eigenvalue weighted by Gasteiger charge is -2.02. The van der Waals surface area contributed by atoms with Crippen molar-refractivity contribution >= 4 is 40.9 Å². The standard InChI is InChI=1S/C16H8ClN3O6/c17-13-8-11(20(24)25)4-5-12(13)15-18-14(16(21)26-15)7-9-2-1-3-10(6-9)19(22)23/h1-8H. The molecule has 0 fully saturated rings. The second-order valence-electron chi connectivity index (χ2n) is 5.11. The highest BCUT2D eigenvalue weighted by atomic mass is 35.5. The van der Waals surface area contributed by atoms with Gasteiger partial charge in [0.05, 0.1) is 20.4 Å². The Labute approximate surface area is 150 Å². The highest BCUT2D eigenvalue weighted by molar-refractivity contribution is 6.34. The lowest BCUT2D eigenvalue weighted by molar-refractivity contribution is -0.385. The minimum absolute atomic E-state index is 0.00217. The van der Waals surface area contributed by atoms with E-state index in [1.165, 1.54) is 36.4 Å². The number of carbonyl (C=O) groups excluding carboxylic acids is 1. The summed E-state index contributed by atoms with van der Waals surface area (Å²) in [6.45, 7) is 0. The summed E-state index contributed by atoms with van der Waals surface area (Å²) >= 11 is 5.99. The van der Waals surface area contributed by atoms with Crippen LogP contribution in [0.1, 0.15) is 11.1 Å². The number of non-ortho nitro benzene ring substituents is 2. The van der Waals surface area contributed by atoms with Crippen LogP contribution >= 0.6 is 11.6 Å². The predicted octanol–water partition coefficient (Wildman–Crippen LogP) is 3.50. The van der Waals surface area contributed by atoms with Crippen molar-refractivity contribution in [2.24, 2.45) is 4.99 Å². The van der Waals surface area contributed by atoms with Crippen LogP contribution in [0.4, 0.5) is 11.4 Å². The van der Waals surface area contributed by atoms with Gasteiger partial charge in [0, 0.05) is 24.3 Å². The Morgan fingerprint density at radius 3 is 2.38 bits per heavy atom. The minimum atomic E-state index is -0.763. The van der Waals surface area contributed by atoms with Crippen LogP contribution in [0.15, 0.2) is 53.2 Å². The van der Waals surface area contributed by atoms with Gasteiger partial charge < -0.3 is 4.74 Å². The molecule has 0 amide bonds. The highest BCUT2D eigenvalue weighted by Crippen LogP contribution is 2.27. The van der Waals surface area contributed by atoms with Gasteiger partial charge in [0.2, 0.25) is 5.90 Å². The van der Waals surface area contributed by atoms with E-state index in [0.717, 1.165) is 6.07 Å². The largest absolute Gasteiger partial charge is 0.402 e. The molecule has 1 aliphatic rings. The molecule has 26 heavy (non-hydrogen) atoms. The van der Waals surface area contributed by atoms with Crippen LogP contribution in [0.3, 0.4) is 0 Å². The molecule has 10 heteroatoms. The van der Waals surface area contributed by atoms with E-state index in [1.54, 1.807) is 6.07 Å². The molecule has 2 aromatic carbocycles. The number of nitrogens with zero attached hydrogens (tertiary/aromatic N) is 3. The van der Waals surface area contributed by atoms with Gasteiger partial charge in [0.1, 0.15) is 0 Å². The van der Waals surface area contributed by atoms with Crippen molar-refractivity contribution in [2.45, 2.75) is 0 Å². The van der Waals surface area contributed by atoms with Crippen molar-refractivity contribution in [1.29, 1.82) is 0 Å². The summed E-state index contributed by atoms with van der Waals surface area (Å²) in [6, 6.07) is 9.30. The van der Waals surface area contributed by atoms with E-state index >= 15 is 0 Å². The number of esters is 1. The van der Waals surface area contributed by atoms with Gasteiger partial charge in [0.25, 0.3) is 11.4 Å². The van der Waals surface area contributed by atoms with Crippen LogP contribution < -0.4 is 0 Å². The molecule has 2 aromatic rings. The first-order valence-electron chi connectivity index (χ1n) is 7.06. The van der Waals surface area contributed by atoms with Gasteiger partial charge in [-0.25, -0.2) is 9.79 Å². The van der Waals surface area contributed by atoms with Gasteiger partial charge in [-0.15, -0.1) is 0 Å². The molecule has 0 N–H and O–H groups in total. The molecule has 1 heterocycles. The van der Waals surface area contributed by atoms with Crippen molar-refractivity contribution in [3.8, 4) is 0 Å². The number of ether oxygens (including phenoxy) is 1. The zero-order valence-electron chi connectivity index (χ0n) is 12.8. The molecular formula is C16H8ClN3O6. The highest BCUT2D eigenvalue weighted by Gasteiger charge is 2.26. The zero-order chi connectivity index (χ0) is 18.8. The molecule has 3 rings (SSSR count). The maximum Gasteiger partial charge on any atom is 0.363 e. The average molecular weight is 374 g/mol. The third-order valence-corrected chi connectivity index (χ3v) is 3.71. The summed E-state index contributed by atoms with van der Waals surface area (Å²) in [5, 5.41) is 21.6. The molecule has 0 saturated carbocycles. The van der Waals surface area contributed by atoms with Crippen LogP contribution in [0.5, 0.6) is 0 Å². The molecule has 1 aliphatic heterocycles. The number of halogens is 1. The van der Waals surface area contributed by atoms with Gasteiger partial charge in [-0.05, 0) is 17.7 Å². The van der Waals surface area contributed by atoms with Crippen LogP contribution in [-0.4, -0.2) is 21.7 Å². The number of rotatable bonds is 4. The van der Waals surface area contributed by atoms with Gasteiger partial charge in [0.15, 0.2) is 5.70 Å². The van der Waals surface area contributed by atoms with Crippen LogP contribution in [0, 0.1) is 20.2 Å². The van der Waals surface area contributed by atoms with Gasteiger partial charge in [-0.1, -0.05) is 23.7 Å². The summed E-state index contributed by atoms with van der Waals surface area (Å²) in [5.41, 5.74) is 0.193. The fraction of sp³-hybridized carbons (Fsp3) is 0. The molecule has 0 saturated heterocycles. The molecule has 9 nitrogen and oxygen atoms in total. The van der Waals surface area contributed by atoms with E-state index in [4.69, 9.17) is 16.3 Å². The topological polar surface area (TPSA) is 125 Å². The number of nitro groups is 2. The molecule has 0 radical (unpaired) electrons. The molecule has 130 valence electrons. The third-order valence-electron chi connectivity index (χ3n) is 3.40. The molecular weight excluding hydrogens is 366 g/mol. The number of carbonyl (C=O) groups is 1. The van der Waals surface area contributed by atoms with Crippen LogP contribution in [0.2, 0.25) is 5.02 Å². The van der Waals surface area contributed by atoms with E-state index in [1.807, 2.05) is 0 Å². The Morgan fingerprint density at radius 2 is 1.73 bits per heavy atom. The van der Waals surface area contributed by atoms with E-state index in [-0.39, 0.29) is 33.6 Å². The van der Waals surface area contributed by atoms with E-state index in [9.17, 15) is 25.0 Å². The maximum atomic E-state index is 12.0. The predicted molar refractivity (Wildman–Crippen MR) is 91.8 cm³/mol. The maximum absolute atomic E-state index is 12.0. The molecule has 0 unspecified atom stereocenters. The second-order valence-corrected chi connectivity index (χ2v) is 5.52. The number of hydrogen-bond donors (Lipinski definition) is 0. The van der Waals surface area contributed by atoms with Crippen molar-refractivity contribution < 1.29 is 19.4 Å². The molecule has 0 aromatic heterocycles. The Hall–Kier alpha value is -3.59. The second kappa shape index (κ2) is 6.73. The first-order chi connectivity index (χ1) is 12.3. The van der Waals surface area contributed by atoms with Crippen molar-refractivity contribution in [2.75, 3.05) is 0 Å². The summed E-state index contributed by atoms with van der Waals surface area (Å²) in [4.78, 5) is 36.4. The van der Waals surface area contributed by atoms with E-state index < -0.39 is 15.8 Å². The number of benzene rings is 2. The van der Waals surface area contributed by atoms with Gasteiger partial charge >= 0.3 is 5.97 Å². The summed E-state index contributed by atoms with van der Waals surface area (Å²) < 4.78 is 5.05. The molecule has 0 bridgehead atoms. The average Bonchev–Trinajstić information content (AvgIpc) is 2.95. The Morgan fingerprint density at radius 1 is 1.04 bits per heavy atom. The Kier molecular flexibility index (Phi) is 4.46. The van der Waals surface area contributed by atoms with E-state index in [2.05, 4.69) is 4.99 Å². The summed E-state index contributed by atoms with van der Waals surface area (Å²) in [6.07, 6.45) is 1.33. The molecule has 0 spiro atoms. The van der Waals surface area contributed by atoms with Crippen molar-refractivity contribution in [3.05, 3.63) is 84.5 Å². The quantitative estimate of drug-likeness (QED) is 0.349. The lowest BCUT2D eigenvalue weighted by atomic mass is 10.1. The smallest absolute Gasteiger partial charge is 0.363 e.